The summed E-state index contributed by atoms with van der Waals surface area (Å²) in [5, 5.41) is 8.49. The van der Waals surface area contributed by atoms with Crippen LogP contribution >= 0.6 is 0 Å². The minimum Gasteiger partial charge on any atom is -0.481 e. The lowest BCUT2D eigenvalue weighted by atomic mass is 10.1. The van der Waals surface area contributed by atoms with Gasteiger partial charge in [-0.25, -0.2) is 0 Å². The summed E-state index contributed by atoms with van der Waals surface area (Å²) in [6.07, 6.45) is 15.7. The van der Waals surface area contributed by atoms with Gasteiger partial charge in [0.15, 0.2) is 0 Å². The van der Waals surface area contributed by atoms with Crippen LogP contribution in [0.5, 0.6) is 0 Å². The smallest absolute Gasteiger partial charge is 0.305 e. The van der Waals surface area contributed by atoms with Crippen LogP contribution in [0.15, 0.2) is 0 Å². The molecule has 0 bridgehead atoms. The SMILES string of the molecule is CCCCCCCCCCCCCOC(=O)CCCCC(=O)O. The summed E-state index contributed by atoms with van der Waals surface area (Å²) in [6.45, 7) is 2.76. The number of carboxylic acids is 1. The minimum absolute atomic E-state index is 0.131. The molecular formula is C19H36O4. The molecule has 0 amide bonds. The van der Waals surface area contributed by atoms with E-state index in [1.807, 2.05) is 0 Å². The van der Waals surface area contributed by atoms with Gasteiger partial charge in [-0.2, -0.15) is 0 Å². The molecule has 0 fully saturated rings. The van der Waals surface area contributed by atoms with E-state index < -0.39 is 5.97 Å². The first-order valence-electron chi connectivity index (χ1n) is 9.54. The zero-order valence-electron chi connectivity index (χ0n) is 15.0. The number of carboxylic acid groups (broad SMARTS) is 1. The maximum atomic E-state index is 11.4. The second-order valence-corrected chi connectivity index (χ2v) is 6.36. The standard InChI is InChI=1S/C19H36O4/c1-2-3-4-5-6-7-8-9-10-11-14-17-23-19(22)16-13-12-15-18(20)21/h2-17H2,1H3,(H,20,21). The summed E-state index contributed by atoms with van der Waals surface area (Å²) in [7, 11) is 0. The molecule has 0 rings (SSSR count). The Kier molecular flexibility index (Phi) is 16.5. The van der Waals surface area contributed by atoms with Gasteiger partial charge < -0.3 is 9.84 Å². The molecule has 23 heavy (non-hydrogen) atoms. The number of hydrogen-bond donors (Lipinski definition) is 1. The summed E-state index contributed by atoms with van der Waals surface area (Å²) in [5.41, 5.74) is 0. The van der Waals surface area contributed by atoms with Gasteiger partial charge in [-0.1, -0.05) is 71.1 Å². The fourth-order valence-corrected chi connectivity index (χ4v) is 2.57. The van der Waals surface area contributed by atoms with Crippen molar-refractivity contribution in [3.63, 3.8) is 0 Å². The quantitative estimate of drug-likeness (QED) is 0.283. The molecule has 0 saturated heterocycles. The lowest BCUT2D eigenvalue weighted by Gasteiger charge is -2.05. The summed E-state index contributed by atoms with van der Waals surface area (Å²) in [5.74, 6) is -0.998. The van der Waals surface area contributed by atoms with E-state index in [4.69, 9.17) is 9.84 Å². The Morgan fingerprint density at radius 2 is 1.17 bits per heavy atom. The van der Waals surface area contributed by atoms with E-state index >= 15 is 0 Å². The van der Waals surface area contributed by atoms with Crippen molar-refractivity contribution in [2.24, 2.45) is 0 Å². The average Bonchev–Trinajstić information content (AvgIpc) is 2.52. The maximum Gasteiger partial charge on any atom is 0.305 e. The highest BCUT2D eigenvalue weighted by Crippen LogP contribution is 2.11. The Balaban J connectivity index is 3.14. The Morgan fingerprint density at radius 3 is 1.70 bits per heavy atom. The van der Waals surface area contributed by atoms with E-state index in [0.29, 0.717) is 25.9 Å². The molecule has 0 aromatic rings. The Morgan fingerprint density at radius 1 is 0.696 bits per heavy atom. The number of esters is 1. The largest absolute Gasteiger partial charge is 0.481 e. The summed E-state index contributed by atoms with van der Waals surface area (Å²) in [6, 6.07) is 0. The van der Waals surface area contributed by atoms with Gasteiger partial charge in [0, 0.05) is 12.8 Å². The van der Waals surface area contributed by atoms with Crippen molar-refractivity contribution in [2.45, 2.75) is 103 Å². The summed E-state index contributed by atoms with van der Waals surface area (Å²) in [4.78, 5) is 21.7. The molecule has 0 aliphatic carbocycles. The molecule has 0 aromatic heterocycles. The van der Waals surface area contributed by atoms with Gasteiger partial charge in [-0.05, 0) is 19.3 Å². The number of ether oxygens (including phenoxy) is 1. The lowest BCUT2D eigenvalue weighted by molar-refractivity contribution is -0.144. The summed E-state index contributed by atoms with van der Waals surface area (Å²) >= 11 is 0. The van der Waals surface area contributed by atoms with Crippen LogP contribution in [0.3, 0.4) is 0 Å². The molecule has 136 valence electrons. The Bertz CT molecular complexity index is 289. The minimum atomic E-state index is -0.806. The monoisotopic (exact) mass is 328 g/mol. The molecular weight excluding hydrogens is 292 g/mol. The van der Waals surface area contributed by atoms with Crippen molar-refractivity contribution >= 4 is 11.9 Å². The van der Waals surface area contributed by atoms with Gasteiger partial charge in [0.2, 0.25) is 0 Å². The van der Waals surface area contributed by atoms with Gasteiger partial charge in [-0.15, -0.1) is 0 Å². The lowest BCUT2D eigenvalue weighted by Crippen LogP contribution is -2.06. The van der Waals surface area contributed by atoms with Gasteiger partial charge in [0.25, 0.3) is 0 Å². The number of rotatable bonds is 17. The van der Waals surface area contributed by atoms with Gasteiger partial charge in [0.05, 0.1) is 6.61 Å². The van der Waals surface area contributed by atoms with Crippen LogP contribution in [-0.2, 0) is 14.3 Å². The molecule has 0 aliphatic rings. The highest BCUT2D eigenvalue weighted by Gasteiger charge is 2.03. The number of aliphatic carboxylic acids is 1. The number of carbonyl (C=O) groups excluding carboxylic acids is 1. The van der Waals surface area contributed by atoms with E-state index in [9.17, 15) is 9.59 Å². The topological polar surface area (TPSA) is 63.6 Å². The van der Waals surface area contributed by atoms with Crippen molar-refractivity contribution in [1.29, 1.82) is 0 Å². The van der Waals surface area contributed by atoms with E-state index in [1.165, 1.54) is 57.8 Å². The molecule has 4 nitrogen and oxygen atoms in total. The molecule has 1 N–H and O–H groups in total. The van der Waals surface area contributed by atoms with Crippen molar-refractivity contribution in [1.82, 2.24) is 0 Å². The van der Waals surface area contributed by atoms with Gasteiger partial charge >= 0.3 is 11.9 Å². The zero-order chi connectivity index (χ0) is 17.2. The molecule has 0 heterocycles. The third kappa shape index (κ3) is 18.9. The summed E-state index contributed by atoms with van der Waals surface area (Å²) < 4.78 is 5.15. The predicted molar refractivity (Wildman–Crippen MR) is 93.5 cm³/mol. The van der Waals surface area contributed by atoms with E-state index in [2.05, 4.69) is 6.92 Å². The molecule has 0 saturated carbocycles. The van der Waals surface area contributed by atoms with E-state index in [1.54, 1.807) is 0 Å². The second-order valence-electron chi connectivity index (χ2n) is 6.36. The van der Waals surface area contributed by atoms with Crippen LogP contribution in [0.1, 0.15) is 103 Å². The average molecular weight is 328 g/mol. The fraction of sp³-hybridized carbons (Fsp3) is 0.895. The van der Waals surface area contributed by atoms with Crippen LogP contribution in [0.4, 0.5) is 0 Å². The first-order valence-corrected chi connectivity index (χ1v) is 9.54. The predicted octanol–water partition coefficient (Wildman–Crippen LogP) is 5.49. The Labute approximate surface area is 142 Å². The first kappa shape index (κ1) is 21.9. The van der Waals surface area contributed by atoms with E-state index in [-0.39, 0.29) is 12.4 Å². The zero-order valence-corrected chi connectivity index (χ0v) is 15.0. The fourth-order valence-electron chi connectivity index (χ4n) is 2.57. The van der Waals surface area contributed by atoms with Crippen LogP contribution in [0.25, 0.3) is 0 Å². The number of hydrogen-bond acceptors (Lipinski definition) is 3. The normalized spacial score (nSPS) is 10.7. The third-order valence-corrected chi connectivity index (χ3v) is 4.03. The molecule has 0 aliphatic heterocycles. The maximum absolute atomic E-state index is 11.4. The van der Waals surface area contributed by atoms with Crippen LogP contribution in [-0.4, -0.2) is 23.7 Å². The van der Waals surface area contributed by atoms with Gasteiger partial charge in [-0.3, -0.25) is 9.59 Å². The van der Waals surface area contributed by atoms with Crippen LogP contribution < -0.4 is 0 Å². The molecule has 0 atom stereocenters. The first-order chi connectivity index (χ1) is 11.2. The van der Waals surface area contributed by atoms with Crippen LogP contribution in [0.2, 0.25) is 0 Å². The second kappa shape index (κ2) is 17.3. The molecule has 0 radical (unpaired) electrons. The van der Waals surface area contributed by atoms with Crippen molar-refractivity contribution in [3.05, 3.63) is 0 Å². The highest BCUT2D eigenvalue weighted by atomic mass is 16.5. The number of carbonyl (C=O) groups is 2. The molecule has 0 aromatic carbocycles. The van der Waals surface area contributed by atoms with E-state index in [0.717, 1.165) is 12.8 Å². The van der Waals surface area contributed by atoms with Crippen molar-refractivity contribution in [3.8, 4) is 0 Å². The highest BCUT2D eigenvalue weighted by molar-refractivity contribution is 5.69. The molecule has 0 spiro atoms. The van der Waals surface area contributed by atoms with Crippen molar-refractivity contribution in [2.75, 3.05) is 6.61 Å². The Hall–Kier alpha value is -1.06. The van der Waals surface area contributed by atoms with Crippen molar-refractivity contribution < 1.29 is 19.4 Å². The van der Waals surface area contributed by atoms with Gasteiger partial charge in [0.1, 0.15) is 0 Å². The van der Waals surface area contributed by atoms with Crippen LogP contribution in [0, 0.1) is 0 Å². The number of unbranched alkanes of at least 4 members (excludes halogenated alkanes) is 11. The molecule has 4 heteroatoms. The molecule has 0 unspecified atom stereocenters. The third-order valence-electron chi connectivity index (χ3n) is 4.03.